The van der Waals surface area contributed by atoms with Crippen molar-refractivity contribution in [1.29, 1.82) is 0 Å². The topological polar surface area (TPSA) is 82.2 Å². The monoisotopic (exact) mass is 386 g/mol. The molecule has 0 atom stereocenters. The molecule has 0 fully saturated rings. The highest BCUT2D eigenvalue weighted by atomic mass is 32.2. The lowest BCUT2D eigenvalue weighted by Crippen LogP contribution is -2.15. The highest BCUT2D eigenvalue weighted by Crippen LogP contribution is 2.30. The van der Waals surface area contributed by atoms with Crippen molar-refractivity contribution in [3.05, 3.63) is 42.4 Å². The predicted molar refractivity (Wildman–Crippen MR) is 105 cm³/mol. The molecule has 0 saturated heterocycles. The number of furan rings is 1. The Labute approximate surface area is 162 Å². The first-order valence-corrected chi connectivity index (χ1v) is 9.54. The van der Waals surface area contributed by atoms with Gasteiger partial charge in [-0.1, -0.05) is 17.8 Å². The standard InChI is InChI=1S/C19H22N4O3S/c1-12(2)23-18(16-8-9-26-13(16)3)21-22-19(23)27-11-17(24)20-14-6-5-7-15(10-14)25-4/h5-10,12H,11H2,1-4H3,(H,20,24). The number of aromatic nitrogens is 3. The Morgan fingerprint density at radius 3 is 2.81 bits per heavy atom. The lowest BCUT2D eigenvalue weighted by atomic mass is 10.2. The summed E-state index contributed by atoms with van der Waals surface area (Å²) < 4.78 is 12.6. The van der Waals surface area contributed by atoms with Gasteiger partial charge in [0.2, 0.25) is 5.91 Å². The fourth-order valence-corrected chi connectivity index (χ4v) is 3.54. The second kappa shape index (κ2) is 8.30. The summed E-state index contributed by atoms with van der Waals surface area (Å²) in [6.07, 6.45) is 1.64. The van der Waals surface area contributed by atoms with Crippen molar-refractivity contribution in [3.63, 3.8) is 0 Å². The SMILES string of the molecule is COc1cccc(NC(=O)CSc2nnc(-c3ccoc3C)n2C(C)C)c1. The smallest absolute Gasteiger partial charge is 0.234 e. The average Bonchev–Trinajstić information content (AvgIpc) is 3.25. The van der Waals surface area contributed by atoms with Gasteiger partial charge < -0.3 is 14.5 Å². The first kappa shape index (κ1) is 19.0. The van der Waals surface area contributed by atoms with Crippen LogP contribution >= 0.6 is 11.8 Å². The third-order valence-electron chi connectivity index (χ3n) is 3.97. The number of hydrogen-bond acceptors (Lipinski definition) is 6. The number of nitrogens with zero attached hydrogens (tertiary/aromatic N) is 3. The molecule has 0 aliphatic heterocycles. The van der Waals surface area contributed by atoms with Gasteiger partial charge in [0.15, 0.2) is 11.0 Å². The minimum atomic E-state index is -0.118. The summed E-state index contributed by atoms with van der Waals surface area (Å²) >= 11 is 1.35. The van der Waals surface area contributed by atoms with Gasteiger partial charge in [0.1, 0.15) is 11.5 Å². The molecule has 2 heterocycles. The zero-order chi connectivity index (χ0) is 19.4. The number of nitrogens with one attached hydrogen (secondary N) is 1. The van der Waals surface area contributed by atoms with E-state index in [4.69, 9.17) is 9.15 Å². The Kier molecular flexibility index (Phi) is 5.85. The van der Waals surface area contributed by atoms with Crippen molar-refractivity contribution >= 4 is 23.4 Å². The largest absolute Gasteiger partial charge is 0.497 e. The Morgan fingerprint density at radius 1 is 1.33 bits per heavy atom. The van der Waals surface area contributed by atoms with Crippen LogP contribution in [0, 0.1) is 6.92 Å². The molecule has 7 nitrogen and oxygen atoms in total. The zero-order valence-electron chi connectivity index (χ0n) is 15.7. The molecule has 0 aliphatic carbocycles. The van der Waals surface area contributed by atoms with E-state index in [0.29, 0.717) is 16.6 Å². The molecule has 8 heteroatoms. The number of ether oxygens (including phenoxy) is 1. The summed E-state index contributed by atoms with van der Waals surface area (Å²) in [6, 6.07) is 9.28. The van der Waals surface area contributed by atoms with E-state index in [2.05, 4.69) is 29.4 Å². The van der Waals surface area contributed by atoms with Crippen LogP contribution in [0.25, 0.3) is 11.4 Å². The molecule has 0 saturated carbocycles. The predicted octanol–water partition coefficient (Wildman–Crippen LogP) is 4.17. The van der Waals surface area contributed by atoms with Gasteiger partial charge in [-0.05, 0) is 39.0 Å². The Morgan fingerprint density at radius 2 is 2.15 bits per heavy atom. The maximum absolute atomic E-state index is 12.3. The fourth-order valence-electron chi connectivity index (χ4n) is 2.67. The molecular weight excluding hydrogens is 364 g/mol. The van der Waals surface area contributed by atoms with Gasteiger partial charge in [0.05, 0.1) is 24.7 Å². The molecule has 1 amide bonds. The quantitative estimate of drug-likeness (QED) is 0.614. The average molecular weight is 386 g/mol. The van der Waals surface area contributed by atoms with E-state index < -0.39 is 0 Å². The molecule has 1 aromatic carbocycles. The molecule has 1 N–H and O–H groups in total. The van der Waals surface area contributed by atoms with E-state index in [1.807, 2.05) is 35.8 Å². The van der Waals surface area contributed by atoms with Crippen LogP contribution in [0.2, 0.25) is 0 Å². The number of aryl methyl sites for hydroxylation is 1. The maximum Gasteiger partial charge on any atom is 0.234 e. The summed E-state index contributed by atoms with van der Waals surface area (Å²) in [6.45, 7) is 6.01. The second-order valence-electron chi connectivity index (χ2n) is 6.23. The van der Waals surface area contributed by atoms with E-state index in [1.165, 1.54) is 11.8 Å². The van der Waals surface area contributed by atoms with Crippen LogP contribution in [-0.4, -0.2) is 33.5 Å². The Balaban J connectivity index is 1.71. The summed E-state index contributed by atoms with van der Waals surface area (Å²) in [4.78, 5) is 12.3. The van der Waals surface area contributed by atoms with Crippen LogP contribution in [0.4, 0.5) is 5.69 Å². The van der Waals surface area contributed by atoms with Crippen LogP contribution in [0.1, 0.15) is 25.6 Å². The molecule has 0 radical (unpaired) electrons. The van der Waals surface area contributed by atoms with Crippen molar-refractivity contribution in [1.82, 2.24) is 14.8 Å². The number of benzene rings is 1. The zero-order valence-corrected chi connectivity index (χ0v) is 16.5. The maximum atomic E-state index is 12.3. The van der Waals surface area contributed by atoms with E-state index in [9.17, 15) is 4.79 Å². The molecule has 0 unspecified atom stereocenters. The van der Waals surface area contributed by atoms with Gasteiger partial charge in [-0.15, -0.1) is 10.2 Å². The fraction of sp³-hybridized carbons (Fsp3) is 0.316. The van der Waals surface area contributed by atoms with E-state index in [0.717, 1.165) is 17.1 Å². The molecule has 2 aromatic heterocycles. The highest BCUT2D eigenvalue weighted by molar-refractivity contribution is 7.99. The molecule has 3 aromatic rings. The van der Waals surface area contributed by atoms with Crippen molar-refractivity contribution < 1.29 is 13.9 Å². The van der Waals surface area contributed by atoms with Crippen molar-refractivity contribution in [2.75, 3.05) is 18.2 Å². The van der Waals surface area contributed by atoms with Crippen LogP contribution in [0.3, 0.4) is 0 Å². The van der Waals surface area contributed by atoms with Crippen LogP contribution in [0.5, 0.6) is 5.75 Å². The highest BCUT2D eigenvalue weighted by Gasteiger charge is 2.20. The normalized spacial score (nSPS) is 11.0. The molecule has 0 spiro atoms. The van der Waals surface area contributed by atoms with E-state index in [1.54, 1.807) is 19.4 Å². The number of rotatable bonds is 7. The van der Waals surface area contributed by atoms with Gasteiger partial charge in [-0.25, -0.2) is 0 Å². The van der Waals surface area contributed by atoms with Gasteiger partial charge in [0, 0.05) is 17.8 Å². The van der Waals surface area contributed by atoms with E-state index >= 15 is 0 Å². The lowest BCUT2D eigenvalue weighted by Gasteiger charge is -2.13. The minimum absolute atomic E-state index is 0.118. The van der Waals surface area contributed by atoms with Crippen molar-refractivity contribution in [2.45, 2.75) is 32.0 Å². The second-order valence-corrected chi connectivity index (χ2v) is 7.17. The van der Waals surface area contributed by atoms with Crippen LogP contribution in [0.15, 0.2) is 46.2 Å². The third-order valence-corrected chi connectivity index (χ3v) is 4.91. The van der Waals surface area contributed by atoms with Crippen LogP contribution < -0.4 is 10.1 Å². The summed E-state index contributed by atoms with van der Waals surface area (Å²) in [5.41, 5.74) is 1.60. The summed E-state index contributed by atoms with van der Waals surface area (Å²) in [5, 5.41) is 12.1. The van der Waals surface area contributed by atoms with Gasteiger partial charge in [0.25, 0.3) is 0 Å². The van der Waals surface area contributed by atoms with Crippen LogP contribution in [-0.2, 0) is 4.79 Å². The third kappa shape index (κ3) is 4.33. The van der Waals surface area contributed by atoms with Gasteiger partial charge in [-0.3, -0.25) is 9.36 Å². The van der Waals surface area contributed by atoms with Crippen molar-refractivity contribution in [2.24, 2.45) is 0 Å². The lowest BCUT2D eigenvalue weighted by molar-refractivity contribution is -0.113. The molecule has 142 valence electrons. The minimum Gasteiger partial charge on any atom is -0.497 e. The molecule has 0 bridgehead atoms. The Hall–Kier alpha value is -2.74. The molecule has 27 heavy (non-hydrogen) atoms. The van der Waals surface area contributed by atoms with E-state index in [-0.39, 0.29) is 17.7 Å². The first-order chi connectivity index (χ1) is 13.0. The number of carbonyl (C=O) groups is 1. The molecular formula is C19H22N4O3S. The number of carbonyl (C=O) groups excluding carboxylic acids is 1. The number of methoxy groups -OCH3 is 1. The number of anilines is 1. The summed E-state index contributed by atoms with van der Waals surface area (Å²) in [5.74, 6) is 2.34. The Bertz CT molecular complexity index is 933. The first-order valence-electron chi connectivity index (χ1n) is 8.55. The number of amides is 1. The number of thioether (sulfide) groups is 1. The molecule has 0 aliphatic rings. The summed E-state index contributed by atoms with van der Waals surface area (Å²) in [7, 11) is 1.59. The van der Waals surface area contributed by atoms with Gasteiger partial charge in [-0.2, -0.15) is 0 Å². The van der Waals surface area contributed by atoms with Crippen molar-refractivity contribution in [3.8, 4) is 17.1 Å². The number of hydrogen-bond donors (Lipinski definition) is 1. The van der Waals surface area contributed by atoms with Gasteiger partial charge >= 0.3 is 0 Å². The molecule has 3 rings (SSSR count).